The van der Waals surface area contributed by atoms with Crippen molar-refractivity contribution in [3.63, 3.8) is 0 Å². The lowest BCUT2D eigenvalue weighted by Crippen LogP contribution is -1.92. The van der Waals surface area contributed by atoms with Crippen molar-refractivity contribution in [2.45, 2.75) is 0 Å². The van der Waals surface area contributed by atoms with Crippen LogP contribution in [-0.4, -0.2) is 0 Å². The van der Waals surface area contributed by atoms with E-state index in [0.717, 1.165) is 49.4 Å². The summed E-state index contributed by atoms with van der Waals surface area (Å²) in [6.45, 7) is 0. The Hall–Kier alpha value is -6.96. The minimum Gasteiger partial charge on any atom is -0.455 e. The zero-order valence-corrected chi connectivity index (χ0v) is 27.9. The van der Waals surface area contributed by atoms with E-state index < -0.39 is 84.1 Å². The van der Waals surface area contributed by atoms with Gasteiger partial charge in [-0.15, -0.1) is 0 Å². The number of fused-ring (bicyclic) bond motifs is 7. The van der Waals surface area contributed by atoms with E-state index in [1.807, 2.05) is 78.9 Å². The Labute approximate surface area is 325 Å². The highest BCUT2D eigenvalue weighted by atomic mass is 16.3. The van der Waals surface area contributed by atoms with E-state index in [2.05, 4.69) is 30.3 Å². The Bertz CT molecular complexity index is 3870. The molecule has 0 atom stereocenters. The molecule has 0 aliphatic carbocycles. The van der Waals surface area contributed by atoms with Crippen molar-refractivity contribution in [1.82, 2.24) is 0 Å². The lowest BCUT2D eigenvalue weighted by atomic mass is 9.84. The minimum absolute atomic E-state index is 0.0690. The molecule has 0 fully saturated rings. The third-order valence-corrected chi connectivity index (χ3v) is 10.2. The van der Waals surface area contributed by atoms with E-state index in [0.29, 0.717) is 21.9 Å². The maximum atomic E-state index is 9.46. The summed E-state index contributed by atoms with van der Waals surface area (Å²) in [6, 6.07) is 29.1. The molecule has 53 heavy (non-hydrogen) atoms. The van der Waals surface area contributed by atoms with Crippen molar-refractivity contribution in [2.75, 3.05) is 0 Å². The standard InChI is InChI=1S/C52H32O/c1-2-16-34(17-3-1)49-40-22-8-10-24-42(40)50(43-25-11-9-23-41(43)49)44-32-31-39(37-20-6-7-21-38(37)44)46-28-14-30-48-47-29-13-27-45(51(47)53-52(46)48)36-26-12-18-33-15-4-5-19-35(33)36/h1-32H/i1D,2D,3D,8D,9D,10D,11D,16D,17D,22D,23D,24D,25D. The van der Waals surface area contributed by atoms with E-state index >= 15 is 0 Å². The maximum Gasteiger partial charge on any atom is 0.143 e. The third-order valence-electron chi connectivity index (χ3n) is 10.2. The monoisotopic (exact) mass is 685 g/mol. The third kappa shape index (κ3) is 4.51. The topological polar surface area (TPSA) is 13.1 Å². The van der Waals surface area contributed by atoms with E-state index in [4.69, 9.17) is 16.8 Å². The SMILES string of the molecule is [2H]c1c([2H])c([2H])c(-c2c3c([2H])c([2H])c([2H])c([2H])c3c(-c3ccc(-c4cccc5c4oc4c(-c6cccc7ccccc67)cccc45)c4ccccc34)c3c([2H])c([2H])c([2H])c([2H])c23)c([2H])c1[2H]. The zero-order valence-electron chi connectivity index (χ0n) is 40.9. The van der Waals surface area contributed by atoms with Crippen LogP contribution in [0.5, 0.6) is 0 Å². The fourth-order valence-electron chi connectivity index (χ4n) is 7.98. The van der Waals surface area contributed by atoms with Crippen LogP contribution in [0.2, 0.25) is 0 Å². The Morgan fingerprint density at radius 3 is 1.38 bits per heavy atom. The zero-order chi connectivity index (χ0) is 46.2. The second-order valence-corrected chi connectivity index (χ2v) is 12.9. The molecule has 0 spiro atoms. The molecule has 0 amide bonds. The largest absolute Gasteiger partial charge is 0.455 e. The molecule has 0 saturated carbocycles. The molecular formula is C52H32O. The molecule has 0 aliphatic rings. The second kappa shape index (κ2) is 11.8. The first kappa shape index (κ1) is 19.6. The molecule has 0 aliphatic heterocycles. The molecule has 10 aromatic carbocycles. The summed E-state index contributed by atoms with van der Waals surface area (Å²) in [5.41, 5.74) is 4.53. The van der Waals surface area contributed by atoms with Gasteiger partial charge in [-0.3, -0.25) is 0 Å². The summed E-state index contributed by atoms with van der Waals surface area (Å²) in [7, 11) is 0. The second-order valence-electron chi connectivity index (χ2n) is 12.9. The minimum atomic E-state index is -0.719. The van der Waals surface area contributed by atoms with Crippen LogP contribution in [0.15, 0.2) is 198 Å². The summed E-state index contributed by atoms with van der Waals surface area (Å²) in [6.07, 6.45) is 0. The van der Waals surface area contributed by atoms with Gasteiger partial charge >= 0.3 is 0 Å². The van der Waals surface area contributed by atoms with Crippen molar-refractivity contribution in [1.29, 1.82) is 0 Å². The lowest BCUT2D eigenvalue weighted by Gasteiger charge is -2.19. The van der Waals surface area contributed by atoms with Gasteiger partial charge in [-0.1, -0.05) is 194 Å². The van der Waals surface area contributed by atoms with Crippen LogP contribution in [-0.2, 0) is 0 Å². The van der Waals surface area contributed by atoms with Crippen molar-refractivity contribution in [3.05, 3.63) is 194 Å². The summed E-state index contributed by atoms with van der Waals surface area (Å²) in [4.78, 5) is 0. The van der Waals surface area contributed by atoms with Gasteiger partial charge in [-0.25, -0.2) is 0 Å². The van der Waals surface area contributed by atoms with Gasteiger partial charge in [0, 0.05) is 21.9 Å². The molecule has 11 rings (SSSR count). The van der Waals surface area contributed by atoms with Crippen molar-refractivity contribution in [3.8, 4) is 44.5 Å². The van der Waals surface area contributed by atoms with Gasteiger partial charge in [0.2, 0.25) is 0 Å². The molecule has 1 nitrogen and oxygen atoms in total. The highest BCUT2D eigenvalue weighted by Gasteiger charge is 2.21. The predicted octanol–water partition coefficient (Wildman–Crippen LogP) is 14.9. The smallest absolute Gasteiger partial charge is 0.143 e. The van der Waals surface area contributed by atoms with Crippen LogP contribution < -0.4 is 0 Å². The van der Waals surface area contributed by atoms with E-state index in [9.17, 15) is 5.48 Å². The Morgan fingerprint density at radius 1 is 0.302 bits per heavy atom. The normalized spacial score (nSPS) is 15.2. The van der Waals surface area contributed by atoms with Crippen LogP contribution in [0.4, 0.5) is 0 Å². The first-order valence-corrected chi connectivity index (χ1v) is 17.2. The van der Waals surface area contributed by atoms with Crippen LogP contribution in [0, 0.1) is 0 Å². The fourth-order valence-corrected chi connectivity index (χ4v) is 7.98. The predicted molar refractivity (Wildman–Crippen MR) is 225 cm³/mol. The average Bonchev–Trinajstić information content (AvgIpc) is 3.73. The highest BCUT2D eigenvalue weighted by Crippen LogP contribution is 2.48. The molecule has 0 N–H and O–H groups in total. The van der Waals surface area contributed by atoms with Crippen molar-refractivity contribution < 1.29 is 22.2 Å². The van der Waals surface area contributed by atoms with Gasteiger partial charge in [0.25, 0.3) is 0 Å². The number of furan rings is 1. The Morgan fingerprint density at radius 2 is 0.736 bits per heavy atom. The Balaban J connectivity index is 1.26. The van der Waals surface area contributed by atoms with Crippen LogP contribution in [0.1, 0.15) is 17.8 Å². The molecule has 11 aromatic rings. The molecule has 1 heteroatoms. The number of hydrogen-bond acceptors (Lipinski definition) is 1. The van der Waals surface area contributed by atoms with Crippen LogP contribution in [0.3, 0.4) is 0 Å². The fraction of sp³-hybridized carbons (Fsp3) is 0. The number of hydrogen-bond donors (Lipinski definition) is 0. The summed E-state index contributed by atoms with van der Waals surface area (Å²) < 4.78 is 123. The molecular weight excluding hydrogens is 641 g/mol. The van der Waals surface area contributed by atoms with Crippen LogP contribution >= 0.6 is 0 Å². The quantitative estimate of drug-likeness (QED) is 0.168. The number of para-hydroxylation sites is 2. The molecule has 0 radical (unpaired) electrons. The van der Waals surface area contributed by atoms with E-state index in [-0.39, 0.29) is 32.7 Å². The molecule has 1 heterocycles. The van der Waals surface area contributed by atoms with Crippen molar-refractivity contribution >= 4 is 65.0 Å². The molecule has 246 valence electrons. The first-order chi connectivity index (χ1) is 31.7. The summed E-state index contributed by atoms with van der Waals surface area (Å²) in [5, 5.41) is 4.51. The maximum absolute atomic E-state index is 9.46. The van der Waals surface area contributed by atoms with Crippen molar-refractivity contribution in [2.24, 2.45) is 0 Å². The van der Waals surface area contributed by atoms with Gasteiger partial charge in [-0.05, 0) is 76.5 Å². The summed E-state index contributed by atoms with van der Waals surface area (Å²) >= 11 is 0. The van der Waals surface area contributed by atoms with Gasteiger partial charge in [0.1, 0.15) is 11.2 Å². The molecule has 1 aromatic heterocycles. The van der Waals surface area contributed by atoms with Crippen LogP contribution in [0.25, 0.3) is 110 Å². The van der Waals surface area contributed by atoms with E-state index in [1.54, 1.807) is 6.07 Å². The molecule has 0 unspecified atom stereocenters. The lowest BCUT2D eigenvalue weighted by molar-refractivity contribution is 0.671. The number of rotatable bonds is 4. The molecule has 0 bridgehead atoms. The average molecular weight is 686 g/mol. The van der Waals surface area contributed by atoms with Gasteiger partial charge in [-0.2, -0.15) is 0 Å². The summed E-state index contributed by atoms with van der Waals surface area (Å²) in [5.74, 6) is 0. The van der Waals surface area contributed by atoms with Gasteiger partial charge in [0.15, 0.2) is 0 Å². The highest BCUT2D eigenvalue weighted by molar-refractivity contribution is 6.25. The number of benzene rings is 10. The molecule has 0 saturated heterocycles. The van der Waals surface area contributed by atoms with Gasteiger partial charge < -0.3 is 4.42 Å². The Kier molecular flexibility index (Phi) is 4.36. The van der Waals surface area contributed by atoms with E-state index in [1.165, 1.54) is 0 Å². The first-order valence-electron chi connectivity index (χ1n) is 23.7. The van der Waals surface area contributed by atoms with Gasteiger partial charge in [0.05, 0.1) is 17.8 Å².